The zero-order valence-corrected chi connectivity index (χ0v) is 23.0. The molecule has 0 aromatic heterocycles. The molecule has 0 radical (unpaired) electrons. The lowest BCUT2D eigenvalue weighted by Gasteiger charge is -2.46. The molecule has 41 heavy (non-hydrogen) atoms. The highest BCUT2D eigenvalue weighted by atomic mass is 16.7. The lowest BCUT2D eigenvalue weighted by Crippen LogP contribution is -2.62. The van der Waals surface area contributed by atoms with Crippen LogP contribution in [0.5, 0.6) is 0 Å². The second-order valence-corrected chi connectivity index (χ2v) is 10.4. The Kier molecular flexibility index (Phi) is 9.50. The highest BCUT2D eigenvalue weighted by molar-refractivity contribution is 5.26. The molecule has 2 heterocycles. The summed E-state index contributed by atoms with van der Waals surface area (Å²) in [5.41, 5.74) is 5.44. The minimum Gasteiger partial charge on any atom is -0.374 e. The molecule has 2 aliphatic rings. The molecule has 5 atom stereocenters. The van der Waals surface area contributed by atoms with Crippen LogP contribution < -0.4 is 0 Å². The molecule has 0 spiro atoms. The molecule has 0 saturated carbocycles. The third-order valence-electron chi connectivity index (χ3n) is 7.51. The van der Waals surface area contributed by atoms with Crippen LogP contribution in [0.15, 0.2) is 115 Å². The Labute approximate surface area is 241 Å². The van der Waals surface area contributed by atoms with Gasteiger partial charge in [-0.05, 0) is 27.8 Å². The van der Waals surface area contributed by atoms with Crippen LogP contribution in [0.2, 0.25) is 0 Å². The maximum Gasteiger partial charge on any atom is 0.187 e. The van der Waals surface area contributed by atoms with Crippen LogP contribution in [0.25, 0.3) is 0 Å². The number of benzene rings is 4. The summed E-state index contributed by atoms with van der Waals surface area (Å²) in [7, 11) is 0. The summed E-state index contributed by atoms with van der Waals surface area (Å²) in [5.74, 6) is 0. The smallest absolute Gasteiger partial charge is 0.187 e. The average molecular weight is 553 g/mol. The molecule has 4 aromatic rings. The first kappa shape index (κ1) is 27.8. The van der Waals surface area contributed by atoms with Crippen molar-refractivity contribution in [2.24, 2.45) is 0 Å². The maximum absolute atomic E-state index is 6.63. The summed E-state index contributed by atoms with van der Waals surface area (Å²) in [6.45, 7) is 2.50. The molecule has 2 aliphatic heterocycles. The summed E-state index contributed by atoms with van der Waals surface area (Å²) in [5, 5.41) is 0. The number of rotatable bonds is 10. The van der Waals surface area contributed by atoms with Crippen molar-refractivity contribution in [1.82, 2.24) is 0 Å². The predicted octanol–water partition coefficient (Wildman–Crippen LogP) is 6.21. The molecule has 0 amide bonds. The average Bonchev–Trinajstić information content (AvgIpc) is 3.02. The van der Waals surface area contributed by atoms with E-state index < -0.39 is 30.7 Å². The largest absolute Gasteiger partial charge is 0.374 e. The molecule has 4 aromatic carbocycles. The second-order valence-electron chi connectivity index (χ2n) is 10.4. The van der Waals surface area contributed by atoms with E-state index in [2.05, 4.69) is 36.4 Å². The van der Waals surface area contributed by atoms with Crippen molar-refractivity contribution < 1.29 is 28.4 Å². The summed E-state index contributed by atoms with van der Waals surface area (Å²) < 4.78 is 38.9. The summed E-state index contributed by atoms with van der Waals surface area (Å²) in [6, 6.07) is 38.6. The number of hydrogen-bond acceptors (Lipinski definition) is 6. The quantitative estimate of drug-likeness (QED) is 0.233. The van der Waals surface area contributed by atoms with Gasteiger partial charge in [-0.1, -0.05) is 115 Å². The van der Waals surface area contributed by atoms with Gasteiger partial charge in [-0.2, -0.15) is 0 Å². The molecule has 6 nitrogen and oxygen atoms in total. The van der Waals surface area contributed by atoms with E-state index in [1.807, 2.05) is 78.9 Å². The van der Waals surface area contributed by atoms with E-state index in [9.17, 15) is 0 Å². The van der Waals surface area contributed by atoms with Crippen LogP contribution in [-0.4, -0.2) is 37.3 Å². The lowest BCUT2D eigenvalue weighted by molar-refractivity contribution is -0.332. The Balaban J connectivity index is 1.25. The van der Waals surface area contributed by atoms with E-state index in [0.29, 0.717) is 39.6 Å². The molecule has 0 N–H and O–H groups in total. The summed E-state index contributed by atoms with van der Waals surface area (Å²) in [6.07, 6.45) is -2.43. The zero-order chi connectivity index (χ0) is 27.7. The maximum atomic E-state index is 6.63. The van der Waals surface area contributed by atoms with Crippen molar-refractivity contribution in [3.05, 3.63) is 143 Å². The minimum atomic E-state index is -0.660. The molecule has 6 heteroatoms. The fraction of sp³-hybridized carbons (Fsp3) is 0.314. The Bertz CT molecular complexity index is 1330. The monoisotopic (exact) mass is 552 g/mol. The lowest BCUT2D eigenvalue weighted by atomic mass is 9.97. The minimum absolute atomic E-state index is 0.322. The fourth-order valence-electron chi connectivity index (χ4n) is 5.31. The molecular weight excluding hydrogens is 516 g/mol. The van der Waals surface area contributed by atoms with E-state index in [-0.39, 0.29) is 0 Å². The van der Waals surface area contributed by atoms with Gasteiger partial charge < -0.3 is 28.4 Å². The molecule has 1 saturated heterocycles. The molecule has 0 unspecified atom stereocenters. The highest BCUT2D eigenvalue weighted by Gasteiger charge is 2.49. The van der Waals surface area contributed by atoms with E-state index in [0.717, 1.165) is 27.8 Å². The van der Waals surface area contributed by atoms with Crippen LogP contribution in [-0.2, 0) is 61.5 Å². The number of fused-ring (bicyclic) bond motifs is 2. The van der Waals surface area contributed by atoms with Crippen LogP contribution in [0.4, 0.5) is 0 Å². The predicted molar refractivity (Wildman–Crippen MR) is 155 cm³/mol. The molecule has 212 valence electrons. The van der Waals surface area contributed by atoms with Crippen molar-refractivity contribution in [3.63, 3.8) is 0 Å². The summed E-state index contributed by atoms with van der Waals surface area (Å²) >= 11 is 0. The third-order valence-corrected chi connectivity index (χ3v) is 7.51. The van der Waals surface area contributed by atoms with Gasteiger partial charge in [0.2, 0.25) is 0 Å². The molecule has 1 fully saturated rings. The van der Waals surface area contributed by atoms with Crippen molar-refractivity contribution in [2.75, 3.05) is 6.61 Å². The molecular formula is C35H36O6. The van der Waals surface area contributed by atoms with E-state index >= 15 is 0 Å². The Hall–Kier alpha value is -3.36. The SMILES string of the molecule is c1ccc(COC[C@H]2O[C@@H](OCc3ccccc3)[C@@H]3OCc4ccccc4CO[C@H]3[C@@H]2OCc2ccccc2)cc1. The van der Waals surface area contributed by atoms with Crippen LogP contribution >= 0.6 is 0 Å². The Morgan fingerprint density at radius 1 is 0.537 bits per heavy atom. The van der Waals surface area contributed by atoms with Gasteiger partial charge in [0.15, 0.2) is 6.29 Å². The first-order valence-corrected chi connectivity index (χ1v) is 14.2. The van der Waals surface area contributed by atoms with Crippen molar-refractivity contribution in [1.29, 1.82) is 0 Å². The molecule has 0 aliphatic carbocycles. The first-order valence-electron chi connectivity index (χ1n) is 14.2. The van der Waals surface area contributed by atoms with Gasteiger partial charge in [-0.3, -0.25) is 0 Å². The van der Waals surface area contributed by atoms with Gasteiger partial charge >= 0.3 is 0 Å². The summed E-state index contributed by atoms with van der Waals surface area (Å²) in [4.78, 5) is 0. The Morgan fingerprint density at radius 3 is 1.61 bits per heavy atom. The van der Waals surface area contributed by atoms with Gasteiger partial charge in [0.1, 0.15) is 24.4 Å². The first-order chi connectivity index (χ1) is 20.3. The molecule has 6 rings (SSSR count). The van der Waals surface area contributed by atoms with E-state index in [1.54, 1.807) is 0 Å². The zero-order valence-electron chi connectivity index (χ0n) is 23.0. The number of ether oxygens (including phenoxy) is 6. The van der Waals surface area contributed by atoms with Crippen molar-refractivity contribution in [2.45, 2.75) is 63.7 Å². The second kappa shape index (κ2) is 14.0. The third kappa shape index (κ3) is 7.29. The normalized spacial score (nSPS) is 24.0. The van der Waals surface area contributed by atoms with Gasteiger partial charge in [-0.25, -0.2) is 0 Å². The van der Waals surface area contributed by atoms with E-state index in [4.69, 9.17) is 28.4 Å². The van der Waals surface area contributed by atoms with Crippen molar-refractivity contribution >= 4 is 0 Å². The van der Waals surface area contributed by atoms with Gasteiger partial charge in [0.05, 0.1) is 39.6 Å². The fourth-order valence-corrected chi connectivity index (χ4v) is 5.31. The molecule has 0 bridgehead atoms. The Morgan fingerprint density at radius 2 is 1.02 bits per heavy atom. The van der Waals surface area contributed by atoms with Crippen LogP contribution in [0.3, 0.4) is 0 Å². The topological polar surface area (TPSA) is 55.4 Å². The van der Waals surface area contributed by atoms with E-state index in [1.165, 1.54) is 0 Å². The van der Waals surface area contributed by atoms with Gasteiger partial charge in [0, 0.05) is 0 Å². The number of hydrogen-bond donors (Lipinski definition) is 0. The van der Waals surface area contributed by atoms with Crippen LogP contribution in [0, 0.1) is 0 Å². The van der Waals surface area contributed by atoms with Gasteiger partial charge in [0.25, 0.3) is 0 Å². The highest BCUT2D eigenvalue weighted by Crippen LogP contribution is 2.33. The van der Waals surface area contributed by atoms with Crippen LogP contribution in [0.1, 0.15) is 27.8 Å². The van der Waals surface area contributed by atoms with Gasteiger partial charge in [-0.15, -0.1) is 0 Å². The standard InChI is InChI=1S/C35H36O6/c1-4-12-26(13-5-1)20-36-25-31-32(37-21-27-14-6-2-7-15-27)33-34(35(41-31)40-22-28-16-8-3-9-17-28)39-24-30-19-11-10-18-29(30)23-38-33/h1-19,31-35H,20-25H2/t31-,32-,33+,34-,35-/m1/s1. The van der Waals surface area contributed by atoms with Crippen molar-refractivity contribution in [3.8, 4) is 0 Å².